The molecule has 2 amide bonds. The second-order valence-corrected chi connectivity index (χ2v) is 5.01. The topological polar surface area (TPSA) is 67.6 Å². The van der Waals surface area contributed by atoms with Gasteiger partial charge in [-0.15, -0.1) is 0 Å². The summed E-state index contributed by atoms with van der Waals surface area (Å²) in [7, 11) is 0. The van der Waals surface area contributed by atoms with Gasteiger partial charge in [0, 0.05) is 31.9 Å². The average Bonchev–Trinajstić information content (AvgIpc) is 2.97. The number of rotatable bonds is 5. The van der Waals surface area contributed by atoms with Gasteiger partial charge in [-0.1, -0.05) is 12.1 Å². The van der Waals surface area contributed by atoms with E-state index in [0.29, 0.717) is 19.6 Å². The summed E-state index contributed by atoms with van der Waals surface area (Å²) in [5.74, 6) is 0. The normalized spacial score (nSPS) is 18.0. The number of nitrogens with two attached hydrogens (primary N) is 1. The Morgan fingerprint density at radius 3 is 3.05 bits per heavy atom. The van der Waals surface area contributed by atoms with E-state index in [-0.39, 0.29) is 12.1 Å². The lowest BCUT2D eigenvalue weighted by Gasteiger charge is -2.24. The van der Waals surface area contributed by atoms with Crippen LogP contribution in [0.25, 0.3) is 0 Å². The van der Waals surface area contributed by atoms with Crippen molar-refractivity contribution in [2.75, 3.05) is 25.0 Å². The fourth-order valence-electron chi connectivity index (χ4n) is 2.37. The molecule has 20 heavy (non-hydrogen) atoms. The molecule has 1 fully saturated rings. The number of anilines is 1. The van der Waals surface area contributed by atoms with Crippen LogP contribution in [-0.4, -0.2) is 36.7 Å². The van der Waals surface area contributed by atoms with Crippen LogP contribution in [0.15, 0.2) is 24.3 Å². The van der Waals surface area contributed by atoms with Crippen molar-refractivity contribution in [3.63, 3.8) is 0 Å². The molecule has 0 saturated carbocycles. The molecule has 1 heterocycles. The van der Waals surface area contributed by atoms with Gasteiger partial charge in [-0.05, 0) is 37.5 Å². The number of benzene rings is 1. The smallest absolute Gasteiger partial charge is 0.321 e. The number of amides is 2. The fourth-order valence-corrected chi connectivity index (χ4v) is 2.37. The van der Waals surface area contributed by atoms with Gasteiger partial charge in [0.25, 0.3) is 0 Å². The monoisotopic (exact) mass is 277 g/mol. The van der Waals surface area contributed by atoms with E-state index in [1.807, 2.05) is 31.2 Å². The van der Waals surface area contributed by atoms with Gasteiger partial charge in [-0.2, -0.15) is 0 Å². The second-order valence-electron chi connectivity index (χ2n) is 5.01. The first-order valence-electron chi connectivity index (χ1n) is 7.19. The summed E-state index contributed by atoms with van der Waals surface area (Å²) in [4.78, 5) is 14.0. The molecule has 1 unspecified atom stereocenters. The number of nitrogens with one attached hydrogen (secondary N) is 1. The summed E-state index contributed by atoms with van der Waals surface area (Å²) < 4.78 is 5.58. The van der Waals surface area contributed by atoms with Crippen LogP contribution in [0.5, 0.6) is 0 Å². The van der Waals surface area contributed by atoms with Crippen LogP contribution in [0.3, 0.4) is 0 Å². The second kappa shape index (κ2) is 7.26. The molecule has 1 aliphatic heterocycles. The van der Waals surface area contributed by atoms with E-state index in [1.165, 1.54) is 0 Å². The number of nitrogens with zero attached hydrogens (tertiary/aromatic N) is 1. The largest absolute Gasteiger partial charge is 0.376 e. The molecular formula is C15H23N3O2. The summed E-state index contributed by atoms with van der Waals surface area (Å²) >= 11 is 0. The molecule has 1 aliphatic rings. The average molecular weight is 277 g/mol. The van der Waals surface area contributed by atoms with Crippen LogP contribution in [-0.2, 0) is 11.3 Å². The van der Waals surface area contributed by atoms with Crippen molar-refractivity contribution in [3.8, 4) is 0 Å². The van der Waals surface area contributed by atoms with Crippen molar-refractivity contribution in [3.05, 3.63) is 29.8 Å². The zero-order valence-corrected chi connectivity index (χ0v) is 12.0. The number of ether oxygens (including phenoxy) is 1. The Bertz CT molecular complexity index is 444. The van der Waals surface area contributed by atoms with E-state index in [2.05, 4.69) is 5.32 Å². The van der Waals surface area contributed by atoms with Crippen molar-refractivity contribution in [2.45, 2.75) is 32.4 Å². The van der Waals surface area contributed by atoms with E-state index < -0.39 is 0 Å². The van der Waals surface area contributed by atoms with Gasteiger partial charge in [0.05, 0.1) is 6.10 Å². The van der Waals surface area contributed by atoms with Crippen molar-refractivity contribution in [1.29, 1.82) is 0 Å². The van der Waals surface area contributed by atoms with E-state index >= 15 is 0 Å². The Labute approximate surface area is 120 Å². The predicted molar refractivity (Wildman–Crippen MR) is 79.6 cm³/mol. The highest BCUT2D eigenvalue weighted by atomic mass is 16.5. The molecule has 2 rings (SSSR count). The Morgan fingerprint density at radius 1 is 1.55 bits per heavy atom. The minimum absolute atomic E-state index is 0.0860. The molecule has 0 bridgehead atoms. The lowest BCUT2D eigenvalue weighted by molar-refractivity contribution is 0.0849. The van der Waals surface area contributed by atoms with Crippen molar-refractivity contribution in [1.82, 2.24) is 4.90 Å². The van der Waals surface area contributed by atoms with Gasteiger partial charge in [-0.3, -0.25) is 0 Å². The molecular weight excluding hydrogens is 254 g/mol. The highest BCUT2D eigenvalue weighted by Crippen LogP contribution is 2.15. The third-order valence-electron chi connectivity index (χ3n) is 3.53. The van der Waals surface area contributed by atoms with Crippen LogP contribution >= 0.6 is 0 Å². The standard InChI is InChI=1S/C15H23N3O2/c1-2-18(11-14-7-4-8-20-14)15(19)17-13-6-3-5-12(9-13)10-16/h3,5-6,9,14H,2,4,7-8,10-11,16H2,1H3,(H,17,19). The molecule has 5 nitrogen and oxygen atoms in total. The minimum Gasteiger partial charge on any atom is -0.376 e. The molecule has 0 aliphatic carbocycles. The van der Waals surface area contributed by atoms with Crippen LogP contribution in [0.2, 0.25) is 0 Å². The van der Waals surface area contributed by atoms with Crippen molar-refractivity contribution < 1.29 is 9.53 Å². The zero-order chi connectivity index (χ0) is 14.4. The molecule has 1 aromatic carbocycles. The van der Waals surface area contributed by atoms with Gasteiger partial charge >= 0.3 is 6.03 Å². The zero-order valence-electron chi connectivity index (χ0n) is 12.0. The van der Waals surface area contributed by atoms with Crippen LogP contribution in [0, 0.1) is 0 Å². The number of carbonyl (C=O) groups excluding carboxylic acids is 1. The molecule has 1 aromatic rings. The highest BCUT2D eigenvalue weighted by Gasteiger charge is 2.21. The Hall–Kier alpha value is -1.59. The highest BCUT2D eigenvalue weighted by molar-refractivity contribution is 5.89. The molecule has 3 N–H and O–H groups in total. The van der Waals surface area contributed by atoms with Crippen LogP contribution in [0.4, 0.5) is 10.5 Å². The van der Waals surface area contributed by atoms with E-state index in [0.717, 1.165) is 30.7 Å². The number of likely N-dealkylation sites (N-methyl/N-ethyl adjacent to an activating group) is 1. The van der Waals surface area contributed by atoms with E-state index in [1.54, 1.807) is 4.90 Å². The molecule has 5 heteroatoms. The predicted octanol–water partition coefficient (Wildman–Crippen LogP) is 2.18. The van der Waals surface area contributed by atoms with Gasteiger partial charge < -0.3 is 20.7 Å². The van der Waals surface area contributed by atoms with Gasteiger partial charge in [0.1, 0.15) is 0 Å². The summed E-state index contributed by atoms with van der Waals surface area (Å²) in [6, 6.07) is 7.53. The maximum atomic E-state index is 12.3. The summed E-state index contributed by atoms with van der Waals surface area (Å²) in [6.07, 6.45) is 2.30. The fraction of sp³-hybridized carbons (Fsp3) is 0.533. The molecule has 0 radical (unpaired) electrons. The quantitative estimate of drug-likeness (QED) is 0.867. The van der Waals surface area contributed by atoms with Gasteiger partial charge in [-0.25, -0.2) is 4.79 Å². The van der Waals surface area contributed by atoms with Gasteiger partial charge in [0.2, 0.25) is 0 Å². The first-order chi connectivity index (χ1) is 9.72. The first-order valence-corrected chi connectivity index (χ1v) is 7.19. The van der Waals surface area contributed by atoms with E-state index in [4.69, 9.17) is 10.5 Å². The molecule has 110 valence electrons. The molecule has 1 saturated heterocycles. The molecule has 0 spiro atoms. The number of hydrogen-bond acceptors (Lipinski definition) is 3. The van der Waals surface area contributed by atoms with Crippen molar-refractivity contribution >= 4 is 11.7 Å². The number of hydrogen-bond donors (Lipinski definition) is 2. The lowest BCUT2D eigenvalue weighted by Crippen LogP contribution is -2.39. The third-order valence-corrected chi connectivity index (χ3v) is 3.53. The maximum Gasteiger partial charge on any atom is 0.321 e. The van der Waals surface area contributed by atoms with Gasteiger partial charge in [0.15, 0.2) is 0 Å². The number of carbonyl (C=O) groups is 1. The minimum atomic E-state index is -0.0860. The Balaban J connectivity index is 1.93. The van der Waals surface area contributed by atoms with Crippen LogP contribution in [0.1, 0.15) is 25.3 Å². The third kappa shape index (κ3) is 3.95. The summed E-state index contributed by atoms with van der Waals surface area (Å²) in [5.41, 5.74) is 7.39. The summed E-state index contributed by atoms with van der Waals surface area (Å²) in [6.45, 7) is 4.57. The van der Waals surface area contributed by atoms with Crippen LogP contribution < -0.4 is 11.1 Å². The summed E-state index contributed by atoms with van der Waals surface area (Å²) in [5, 5.41) is 2.92. The molecule has 0 aromatic heterocycles. The van der Waals surface area contributed by atoms with E-state index in [9.17, 15) is 4.79 Å². The SMILES string of the molecule is CCN(CC1CCCO1)C(=O)Nc1cccc(CN)c1. The van der Waals surface area contributed by atoms with Crippen molar-refractivity contribution in [2.24, 2.45) is 5.73 Å². The Kier molecular flexibility index (Phi) is 5.38. The maximum absolute atomic E-state index is 12.3. The Morgan fingerprint density at radius 2 is 2.40 bits per heavy atom. The lowest BCUT2D eigenvalue weighted by atomic mass is 10.2. The number of urea groups is 1. The molecule has 1 atom stereocenters. The first kappa shape index (κ1) is 14.8.